The summed E-state index contributed by atoms with van der Waals surface area (Å²) in [6.07, 6.45) is 0. The second-order valence-electron chi connectivity index (χ2n) is 4.19. The predicted molar refractivity (Wildman–Crippen MR) is 79.0 cm³/mol. The van der Waals surface area contributed by atoms with E-state index in [1.165, 1.54) is 0 Å². The molecule has 0 aliphatic heterocycles. The summed E-state index contributed by atoms with van der Waals surface area (Å²) in [5, 5.41) is 9.95. The van der Waals surface area contributed by atoms with Crippen LogP contribution in [-0.2, 0) is 9.47 Å². The fourth-order valence-corrected chi connectivity index (χ4v) is 1.69. The lowest BCUT2D eigenvalue weighted by Gasteiger charge is -2.09. The number of rotatable bonds is 9. The van der Waals surface area contributed by atoms with Crippen LogP contribution >= 0.6 is 0 Å². The summed E-state index contributed by atoms with van der Waals surface area (Å²) in [4.78, 5) is 4.27. The predicted octanol–water partition coefficient (Wildman–Crippen LogP) is 2.26. The Bertz CT molecular complexity index is 432. The van der Waals surface area contributed by atoms with Crippen molar-refractivity contribution in [1.82, 2.24) is 0 Å². The number of hydrogen-bond acceptors (Lipinski definition) is 5. The molecule has 0 atom stereocenters. The van der Waals surface area contributed by atoms with Gasteiger partial charge in [0, 0.05) is 31.0 Å². The van der Waals surface area contributed by atoms with Gasteiger partial charge in [0.1, 0.15) is 18.1 Å². The van der Waals surface area contributed by atoms with Crippen molar-refractivity contribution in [2.75, 3.05) is 40.1 Å². The van der Waals surface area contributed by atoms with Crippen LogP contribution < -0.4 is 4.74 Å². The minimum absolute atomic E-state index is 0.178. The largest absolute Gasteiger partial charge is 0.507 e. The molecule has 0 amide bonds. The van der Waals surface area contributed by atoms with Gasteiger partial charge in [-0.1, -0.05) is 0 Å². The van der Waals surface area contributed by atoms with Gasteiger partial charge in [-0.2, -0.15) is 0 Å². The molecule has 0 heterocycles. The van der Waals surface area contributed by atoms with Crippen LogP contribution in [0.15, 0.2) is 23.2 Å². The molecule has 5 nitrogen and oxygen atoms in total. The van der Waals surface area contributed by atoms with Gasteiger partial charge in [-0.15, -0.1) is 0 Å². The number of benzene rings is 1. The van der Waals surface area contributed by atoms with Crippen LogP contribution in [0.25, 0.3) is 0 Å². The van der Waals surface area contributed by atoms with E-state index in [9.17, 15) is 5.11 Å². The number of ether oxygens (including phenoxy) is 3. The SMILES string of the molecule is CCN=C(C)c1ccc(OCCOCCOC)cc1O. The lowest BCUT2D eigenvalue weighted by atomic mass is 10.1. The zero-order valence-electron chi connectivity index (χ0n) is 12.4. The van der Waals surface area contributed by atoms with Crippen molar-refractivity contribution < 1.29 is 19.3 Å². The molecule has 0 aliphatic carbocycles. The van der Waals surface area contributed by atoms with Crippen LogP contribution in [0, 0.1) is 0 Å². The summed E-state index contributed by atoms with van der Waals surface area (Å²) >= 11 is 0. The molecule has 1 aromatic rings. The van der Waals surface area contributed by atoms with E-state index in [0.29, 0.717) is 38.7 Å². The zero-order valence-corrected chi connectivity index (χ0v) is 12.4. The summed E-state index contributed by atoms with van der Waals surface area (Å²) in [6, 6.07) is 5.23. The molecule has 0 fully saturated rings. The maximum Gasteiger partial charge on any atom is 0.128 e. The second-order valence-corrected chi connectivity index (χ2v) is 4.19. The molecule has 0 unspecified atom stereocenters. The lowest BCUT2D eigenvalue weighted by Crippen LogP contribution is -2.10. The fourth-order valence-electron chi connectivity index (χ4n) is 1.69. The first-order chi connectivity index (χ1) is 9.69. The average molecular weight is 281 g/mol. The first-order valence-corrected chi connectivity index (χ1v) is 6.73. The Kier molecular flexibility index (Phi) is 7.69. The standard InChI is InChI=1S/C15H23NO4/c1-4-16-12(2)14-6-5-13(11-15(14)17)20-10-9-19-8-7-18-3/h5-6,11,17H,4,7-10H2,1-3H3. The van der Waals surface area contributed by atoms with Gasteiger partial charge in [0.05, 0.1) is 19.8 Å². The molecule has 1 rings (SSSR count). The minimum atomic E-state index is 0.178. The van der Waals surface area contributed by atoms with Crippen LogP contribution in [0.4, 0.5) is 0 Å². The maximum atomic E-state index is 9.95. The van der Waals surface area contributed by atoms with Gasteiger partial charge in [0.25, 0.3) is 0 Å². The van der Waals surface area contributed by atoms with E-state index in [1.807, 2.05) is 26.0 Å². The van der Waals surface area contributed by atoms with Crippen molar-refractivity contribution in [3.05, 3.63) is 23.8 Å². The topological polar surface area (TPSA) is 60.3 Å². The third-order valence-electron chi connectivity index (χ3n) is 2.68. The Labute approximate surface area is 120 Å². The van der Waals surface area contributed by atoms with E-state index in [2.05, 4.69) is 4.99 Å². The van der Waals surface area contributed by atoms with Crippen molar-refractivity contribution >= 4 is 5.71 Å². The number of aromatic hydroxyl groups is 1. The molecule has 0 saturated heterocycles. The molecule has 20 heavy (non-hydrogen) atoms. The highest BCUT2D eigenvalue weighted by Crippen LogP contribution is 2.24. The van der Waals surface area contributed by atoms with E-state index >= 15 is 0 Å². The Balaban J connectivity index is 2.45. The first-order valence-electron chi connectivity index (χ1n) is 6.73. The van der Waals surface area contributed by atoms with Crippen molar-refractivity contribution in [2.45, 2.75) is 13.8 Å². The van der Waals surface area contributed by atoms with E-state index in [-0.39, 0.29) is 5.75 Å². The highest BCUT2D eigenvalue weighted by molar-refractivity contribution is 6.01. The number of phenols is 1. The number of hydrogen-bond donors (Lipinski definition) is 1. The fraction of sp³-hybridized carbons (Fsp3) is 0.533. The quantitative estimate of drug-likeness (QED) is 0.557. The van der Waals surface area contributed by atoms with Crippen molar-refractivity contribution in [2.24, 2.45) is 4.99 Å². The van der Waals surface area contributed by atoms with Crippen LogP contribution in [-0.4, -0.2) is 50.9 Å². The molecule has 1 aromatic carbocycles. The maximum absolute atomic E-state index is 9.95. The van der Waals surface area contributed by atoms with Crippen LogP contribution in [0.5, 0.6) is 11.5 Å². The second kappa shape index (κ2) is 9.34. The lowest BCUT2D eigenvalue weighted by molar-refractivity contribution is 0.0544. The summed E-state index contributed by atoms with van der Waals surface area (Å²) in [5.74, 6) is 0.795. The molecule has 5 heteroatoms. The Morgan fingerprint density at radius 2 is 1.95 bits per heavy atom. The van der Waals surface area contributed by atoms with Gasteiger partial charge in [-0.3, -0.25) is 4.99 Å². The first kappa shape index (κ1) is 16.5. The number of nitrogens with zero attached hydrogens (tertiary/aromatic N) is 1. The molecule has 0 bridgehead atoms. The Hall–Kier alpha value is -1.59. The molecule has 112 valence electrons. The third-order valence-corrected chi connectivity index (χ3v) is 2.68. The van der Waals surface area contributed by atoms with E-state index < -0.39 is 0 Å². The molecule has 0 radical (unpaired) electrons. The molecule has 0 spiro atoms. The normalized spacial score (nSPS) is 11.7. The molecule has 1 N–H and O–H groups in total. The van der Waals surface area contributed by atoms with Crippen molar-refractivity contribution in [3.8, 4) is 11.5 Å². The summed E-state index contributed by atoms with van der Waals surface area (Å²) in [6.45, 7) is 6.58. The Morgan fingerprint density at radius 1 is 1.20 bits per heavy atom. The molecule has 0 saturated carbocycles. The summed E-state index contributed by atoms with van der Waals surface area (Å²) in [7, 11) is 1.63. The van der Waals surface area contributed by atoms with E-state index in [0.717, 1.165) is 11.3 Å². The van der Waals surface area contributed by atoms with Crippen LogP contribution in [0.3, 0.4) is 0 Å². The average Bonchev–Trinajstić information content (AvgIpc) is 2.43. The van der Waals surface area contributed by atoms with Crippen molar-refractivity contribution in [1.29, 1.82) is 0 Å². The minimum Gasteiger partial charge on any atom is -0.507 e. The van der Waals surface area contributed by atoms with Gasteiger partial charge in [-0.25, -0.2) is 0 Å². The van der Waals surface area contributed by atoms with Gasteiger partial charge in [-0.05, 0) is 26.0 Å². The smallest absolute Gasteiger partial charge is 0.128 e. The number of phenolic OH excluding ortho intramolecular Hbond substituents is 1. The highest BCUT2D eigenvalue weighted by atomic mass is 16.5. The zero-order chi connectivity index (χ0) is 14.8. The van der Waals surface area contributed by atoms with Crippen molar-refractivity contribution in [3.63, 3.8) is 0 Å². The van der Waals surface area contributed by atoms with Gasteiger partial charge >= 0.3 is 0 Å². The molecular formula is C15H23NO4. The summed E-state index contributed by atoms with van der Waals surface area (Å²) in [5.41, 5.74) is 1.55. The summed E-state index contributed by atoms with van der Waals surface area (Å²) < 4.78 is 15.7. The van der Waals surface area contributed by atoms with Crippen LogP contribution in [0.1, 0.15) is 19.4 Å². The number of aliphatic imine (C=N–C) groups is 1. The molecule has 0 aromatic heterocycles. The monoisotopic (exact) mass is 281 g/mol. The molecule has 0 aliphatic rings. The van der Waals surface area contributed by atoms with Crippen LogP contribution in [0.2, 0.25) is 0 Å². The third kappa shape index (κ3) is 5.59. The van der Waals surface area contributed by atoms with Gasteiger partial charge in [0.15, 0.2) is 0 Å². The van der Waals surface area contributed by atoms with Gasteiger partial charge in [0.2, 0.25) is 0 Å². The molecular weight excluding hydrogens is 258 g/mol. The Morgan fingerprint density at radius 3 is 2.60 bits per heavy atom. The highest BCUT2D eigenvalue weighted by Gasteiger charge is 2.06. The van der Waals surface area contributed by atoms with E-state index in [4.69, 9.17) is 14.2 Å². The van der Waals surface area contributed by atoms with Gasteiger partial charge < -0.3 is 19.3 Å². The van der Waals surface area contributed by atoms with E-state index in [1.54, 1.807) is 13.2 Å². The number of methoxy groups -OCH3 is 1.